The van der Waals surface area contributed by atoms with E-state index in [1.807, 2.05) is 0 Å². The van der Waals surface area contributed by atoms with Crippen LogP contribution in [0.5, 0.6) is 23.0 Å². The molecule has 0 radical (unpaired) electrons. The van der Waals surface area contributed by atoms with E-state index in [4.69, 9.17) is 9.47 Å². The zero-order valence-electron chi connectivity index (χ0n) is 15.8. The van der Waals surface area contributed by atoms with E-state index in [2.05, 4.69) is 0 Å². The van der Waals surface area contributed by atoms with Gasteiger partial charge in [-0.1, -0.05) is 6.07 Å². The Morgan fingerprint density at radius 1 is 0.562 bits per heavy atom. The largest absolute Gasteiger partial charge is 0.457 e. The van der Waals surface area contributed by atoms with Gasteiger partial charge in [-0.25, -0.2) is 0 Å². The van der Waals surface area contributed by atoms with E-state index in [9.17, 15) is 35.9 Å². The van der Waals surface area contributed by atoms with E-state index in [0.717, 1.165) is 12.1 Å². The molecule has 3 aromatic rings. The molecule has 4 nitrogen and oxygen atoms in total. The van der Waals surface area contributed by atoms with Gasteiger partial charge in [-0.3, -0.25) is 9.59 Å². The van der Waals surface area contributed by atoms with Gasteiger partial charge in [-0.15, -0.1) is 0 Å². The van der Waals surface area contributed by atoms with Crippen LogP contribution < -0.4 is 9.47 Å². The number of ether oxygens (including phenoxy) is 2. The van der Waals surface area contributed by atoms with E-state index >= 15 is 0 Å². The van der Waals surface area contributed by atoms with Crippen LogP contribution in [0.1, 0.15) is 31.8 Å². The first-order valence-electron chi connectivity index (χ1n) is 8.80. The van der Waals surface area contributed by atoms with Crippen LogP contribution in [0.4, 0.5) is 26.3 Å². The van der Waals surface area contributed by atoms with Crippen molar-refractivity contribution >= 4 is 12.6 Å². The minimum atomic E-state index is -4.77. The van der Waals surface area contributed by atoms with Crippen molar-refractivity contribution in [1.29, 1.82) is 0 Å². The number of carbonyl (C=O) groups is 2. The molecule has 0 N–H and O–H groups in total. The van der Waals surface area contributed by atoms with Gasteiger partial charge in [-0.05, 0) is 48.5 Å². The molecule has 0 bridgehead atoms. The molecule has 0 fully saturated rings. The van der Waals surface area contributed by atoms with Gasteiger partial charge in [0.1, 0.15) is 23.0 Å². The number of rotatable bonds is 6. The van der Waals surface area contributed by atoms with Crippen molar-refractivity contribution < 1.29 is 45.4 Å². The molecule has 166 valence electrons. The summed E-state index contributed by atoms with van der Waals surface area (Å²) >= 11 is 0. The molecule has 3 aromatic carbocycles. The first-order valence-corrected chi connectivity index (χ1v) is 8.80. The van der Waals surface area contributed by atoms with Gasteiger partial charge in [0.05, 0.1) is 11.1 Å². The lowest BCUT2D eigenvalue weighted by Gasteiger charge is -2.14. The first kappa shape index (κ1) is 22.9. The third-order valence-electron chi connectivity index (χ3n) is 4.19. The number of aldehydes is 2. The number of hydrogen-bond donors (Lipinski definition) is 0. The first-order chi connectivity index (χ1) is 15.0. The Morgan fingerprint density at radius 3 is 1.28 bits per heavy atom. The molecule has 0 atom stereocenters. The van der Waals surface area contributed by atoms with Crippen LogP contribution in [0.2, 0.25) is 0 Å². The molecule has 0 aliphatic rings. The van der Waals surface area contributed by atoms with Gasteiger partial charge >= 0.3 is 12.4 Å². The second kappa shape index (κ2) is 8.74. The number of hydrogen-bond acceptors (Lipinski definition) is 4. The van der Waals surface area contributed by atoms with E-state index < -0.39 is 34.6 Å². The predicted octanol–water partition coefficient (Wildman–Crippen LogP) is 6.93. The maximum atomic E-state index is 13.1. The standard InChI is InChI=1S/C22H12F6O4/c23-21(24,25)19-9-17(6-4-13(19)11-29)31-15-2-1-3-16(8-15)32-18-7-5-14(12-30)20(10-18)22(26,27)28/h1-12H. The molecule has 0 amide bonds. The molecule has 3 rings (SSSR count). The zero-order chi connectivity index (χ0) is 23.5. The van der Waals surface area contributed by atoms with Gasteiger partial charge in [0.15, 0.2) is 12.6 Å². The summed E-state index contributed by atoms with van der Waals surface area (Å²) in [5.41, 5.74) is -3.46. The van der Waals surface area contributed by atoms with Gasteiger partial charge in [0.25, 0.3) is 0 Å². The van der Waals surface area contributed by atoms with E-state index in [1.54, 1.807) is 0 Å². The Labute approximate surface area is 177 Å². The number of benzene rings is 3. The summed E-state index contributed by atoms with van der Waals surface area (Å²) in [6, 6.07) is 11.0. The summed E-state index contributed by atoms with van der Waals surface area (Å²) < 4.78 is 89.3. The fourth-order valence-corrected chi connectivity index (χ4v) is 2.77. The minimum absolute atomic E-state index is 0.0371. The molecule has 0 spiro atoms. The molecule has 0 saturated heterocycles. The average molecular weight is 454 g/mol. The quantitative estimate of drug-likeness (QED) is 0.299. The molecular formula is C22H12F6O4. The average Bonchev–Trinajstić information content (AvgIpc) is 2.73. The van der Waals surface area contributed by atoms with Crippen molar-refractivity contribution in [3.05, 3.63) is 82.9 Å². The van der Waals surface area contributed by atoms with E-state index in [0.29, 0.717) is 12.1 Å². The number of alkyl halides is 6. The Kier molecular flexibility index (Phi) is 6.24. The maximum Gasteiger partial charge on any atom is 0.417 e. The smallest absolute Gasteiger partial charge is 0.417 e. The fraction of sp³-hybridized carbons (Fsp3) is 0.0909. The predicted molar refractivity (Wildman–Crippen MR) is 100 cm³/mol. The molecule has 0 heterocycles. The van der Waals surface area contributed by atoms with Crippen molar-refractivity contribution in [3.8, 4) is 23.0 Å². The summed E-state index contributed by atoms with van der Waals surface area (Å²) in [6.45, 7) is 0. The Morgan fingerprint density at radius 2 is 0.938 bits per heavy atom. The molecule has 0 aromatic heterocycles. The minimum Gasteiger partial charge on any atom is -0.457 e. The van der Waals surface area contributed by atoms with Crippen LogP contribution in [0.3, 0.4) is 0 Å². The molecule has 32 heavy (non-hydrogen) atoms. The van der Waals surface area contributed by atoms with Crippen LogP contribution in [0, 0.1) is 0 Å². The highest BCUT2D eigenvalue weighted by molar-refractivity contribution is 5.78. The van der Waals surface area contributed by atoms with Crippen LogP contribution in [-0.2, 0) is 12.4 Å². The second-order valence-corrected chi connectivity index (χ2v) is 6.41. The van der Waals surface area contributed by atoms with Crippen molar-refractivity contribution in [3.63, 3.8) is 0 Å². The molecule has 0 aliphatic carbocycles. The number of carbonyl (C=O) groups excluding carboxylic acids is 2. The van der Waals surface area contributed by atoms with Crippen LogP contribution in [0.15, 0.2) is 60.7 Å². The lowest BCUT2D eigenvalue weighted by molar-refractivity contribution is -0.138. The van der Waals surface area contributed by atoms with Gasteiger partial charge in [0.2, 0.25) is 0 Å². The highest BCUT2D eigenvalue weighted by Gasteiger charge is 2.34. The Bertz CT molecular complexity index is 1070. The van der Waals surface area contributed by atoms with Crippen LogP contribution >= 0.6 is 0 Å². The summed E-state index contributed by atoms with van der Waals surface area (Å²) in [5, 5.41) is 0. The molecule has 0 aliphatic heterocycles. The lowest BCUT2D eigenvalue weighted by Crippen LogP contribution is -2.09. The van der Waals surface area contributed by atoms with Crippen molar-refractivity contribution in [2.45, 2.75) is 12.4 Å². The SMILES string of the molecule is O=Cc1ccc(Oc2cccc(Oc3ccc(C=O)c(C(F)(F)F)c3)c2)cc1C(F)(F)F. The van der Waals surface area contributed by atoms with Gasteiger partial charge < -0.3 is 9.47 Å². The molecule has 0 saturated carbocycles. The van der Waals surface area contributed by atoms with Crippen LogP contribution in [-0.4, -0.2) is 12.6 Å². The summed E-state index contributed by atoms with van der Waals surface area (Å²) in [4.78, 5) is 21.7. The van der Waals surface area contributed by atoms with Crippen molar-refractivity contribution in [1.82, 2.24) is 0 Å². The van der Waals surface area contributed by atoms with E-state index in [-0.39, 0.29) is 35.6 Å². The Balaban J connectivity index is 1.86. The highest BCUT2D eigenvalue weighted by Crippen LogP contribution is 2.37. The van der Waals surface area contributed by atoms with Gasteiger partial charge in [-0.2, -0.15) is 26.3 Å². The monoisotopic (exact) mass is 454 g/mol. The number of halogens is 6. The van der Waals surface area contributed by atoms with Gasteiger partial charge in [0, 0.05) is 17.2 Å². The fourth-order valence-electron chi connectivity index (χ4n) is 2.77. The molecular weight excluding hydrogens is 442 g/mol. The molecule has 10 heteroatoms. The summed E-state index contributed by atoms with van der Waals surface area (Å²) in [5.74, 6) is -0.352. The lowest BCUT2D eigenvalue weighted by atomic mass is 10.1. The maximum absolute atomic E-state index is 13.1. The second-order valence-electron chi connectivity index (χ2n) is 6.41. The summed E-state index contributed by atoms with van der Waals surface area (Å²) in [6.07, 6.45) is -9.40. The highest BCUT2D eigenvalue weighted by atomic mass is 19.4. The normalized spacial score (nSPS) is 11.7. The molecule has 0 unspecified atom stereocenters. The van der Waals surface area contributed by atoms with E-state index in [1.165, 1.54) is 36.4 Å². The zero-order valence-corrected chi connectivity index (χ0v) is 15.8. The third-order valence-corrected chi connectivity index (χ3v) is 4.19. The Hall–Kier alpha value is -3.82. The van der Waals surface area contributed by atoms with Crippen molar-refractivity contribution in [2.75, 3.05) is 0 Å². The third kappa shape index (κ3) is 5.26. The van der Waals surface area contributed by atoms with Crippen LogP contribution in [0.25, 0.3) is 0 Å². The summed E-state index contributed by atoms with van der Waals surface area (Å²) in [7, 11) is 0. The van der Waals surface area contributed by atoms with Crippen molar-refractivity contribution in [2.24, 2.45) is 0 Å². The topological polar surface area (TPSA) is 52.6 Å².